The largest absolute Gasteiger partial charge is 0.316 e. The standard InChI is InChI=1S/C16H26N2/c1-12-8-13(2)10-14(9-12)16(17-3)11-15-6-4-5-7-18-15/h4-7,12-14,16-17H,8-11H2,1-3H3. The molecule has 1 N–H and O–H groups in total. The third-order valence-electron chi connectivity index (χ3n) is 4.31. The Morgan fingerprint density at radius 2 is 1.94 bits per heavy atom. The maximum atomic E-state index is 4.46. The average molecular weight is 246 g/mol. The SMILES string of the molecule is CNC(Cc1ccccn1)C1CC(C)CC(C)C1. The Morgan fingerprint density at radius 3 is 2.50 bits per heavy atom. The second-order valence-electron chi connectivity index (χ2n) is 6.10. The van der Waals surface area contributed by atoms with E-state index >= 15 is 0 Å². The lowest BCUT2D eigenvalue weighted by Crippen LogP contribution is -2.39. The highest BCUT2D eigenvalue weighted by atomic mass is 14.9. The number of rotatable bonds is 4. The van der Waals surface area contributed by atoms with Crippen molar-refractivity contribution in [2.24, 2.45) is 17.8 Å². The molecule has 1 aliphatic rings. The van der Waals surface area contributed by atoms with Gasteiger partial charge in [-0.1, -0.05) is 19.9 Å². The van der Waals surface area contributed by atoms with E-state index in [1.54, 1.807) is 0 Å². The van der Waals surface area contributed by atoms with E-state index in [-0.39, 0.29) is 0 Å². The van der Waals surface area contributed by atoms with Crippen LogP contribution in [-0.2, 0) is 6.42 Å². The molecular formula is C16H26N2. The van der Waals surface area contributed by atoms with E-state index in [1.807, 2.05) is 12.3 Å². The quantitative estimate of drug-likeness (QED) is 0.882. The lowest BCUT2D eigenvalue weighted by atomic mass is 9.73. The third kappa shape index (κ3) is 3.55. The maximum Gasteiger partial charge on any atom is 0.0419 e. The molecule has 1 aromatic heterocycles. The van der Waals surface area contributed by atoms with Crippen LogP contribution >= 0.6 is 0 Å². The summed E-state index contributed by atoms with van der Waals surface area (Å²) >= 11 is 0. The topological polar surface area (TPSA) is 24.9 Å². The smallest absolute Gasteiger partial charge is 0.0419 e. The molecule has 2 heteroatoms. The van der Waals surface area contributed by atoms with Crippen molar-refractivity contribution in [2.45, 2.75) is 45.6 Å². The molecule has 1 aromatic rings. The fraction of sp³-hybridized carbons (Fsp3) is 0.688. The van der Waals surface area contributed by atoms with Crippen molar-refractivity contribution in [2.75, 3.05) is 7.05 Å². The monoisotopic (exact) mass is 246 g/mol. The molecule has 100 valence electrons. The van der Waals surface area contributed by atoms with Gasteiger partial charge in [0.15, 0.2) is 0 Å². The van der Waals surface area contributed by atoms with Crippen molar-refractivity contribution in [1.82, 2.24) is 10.3 Å². The summed E-state index contributed by atoms with van der Waals surface area (Å²) in [5.74, 6) is 2.55. The lowest BCUT2D eigenvalue weighted by molar-refractivity contribution is 0.179. The van der Waals surface area contributed by atoms with Gasteiger partial charge in [-0.25, -0.2) is 0 Å². The van der Waals surface area contributed by atoms with Crippen molar-refractivity contribution in [3.8, 4) is 0 Å². The van der Waals surface area contributed by atoms with E-state index < -0.39 is 0 Å². The minimum absolute atomic E-state index is 0.574. The third-order valence-corrected chi connectivity index (χ3v) is 4.31. The van der Waals surface area contributed by atoms with Crippen LogP contribution in [0.4, 0.5) is 0 Å². The van der Waals surface area contributed by atoms with Crippen LogP contribution in [0.5, 0.6) is 0 Å². The number of nitrogens with zero attached hydrogens (tertiary/aromatic N) is 1. The van der Waals surface area contributed by atoms with Gasteiger partial charge in [-0.2, -0.15) is 0 Å². The molecule has 2 rings (SSSR count). The van der Waals surface area contributed by atoms with Gasteiger partial charge in [-0.15, -0.1) is 0 Å². The van der Waals surface area contributed by atoms with E-state index in [2.05, 4.69) is 43.3 Å². The van der Waals surface area contributed by atoms with Crippen LogP contribution in [0.3, 0.4) is 0 Å². The summed E-state index contributed by atoms with van der Waals surface area (Å²) in [7, 11) is 2.09. The molecule has 0 saturated heterocycles. The Morgan fingerprint density at radius 1 is 1.22 bits per heavy atom. The molecule has 2 nitrogen and oxygen atoms in total. The van der Waals surface area contributed by atoms with Gasteiger partial charge in [-0.05, 0) is 56.2 Å². The van der Waals surface area contributed by atoms with Crippen LogP contribution in [0.2, 0.25) is 0 Å². The number of likely N-dealkylation sites (N-methyl/N-ethyl adjacent to an activating group) is 1. The zero-order valence-electron chi connectivity index (χ0n) is 11.9. The fourth-order valence-electron chi connectivity index (χ4n) is 3.59. The molecular weight excluding hydrogens is 220 g/mol. The summed E-state index contributed by atoms with van der Waals surface area (Å²) in [5.41, 5.74) is 1.21. The Balaban J connectivity index is 2.00. The van der Waals surface area contributed by atoms with Crippen molar-refractivity contribution in [1.29, 1.82) is 0 Å². The Kier molecular flexibility index (Phi) is 4.76. The van der Waals surface area contributed by atoms with Crippen molar-refractivity contribution < 1.29 is 0 Å². The van der Waals surface area contributed by atoms with E-state index in [1.165, 1.54) is 25.0 Å². The molecule has 0 amide bonds. The molecule has 1 fully saturated rings. The molecule has 0 aliphatic heterocycles. The van der Waals surface area contributed by atoms with Crippen LogP contribution < -0.4 is 5.32 Å². The second-order valence-corrected chi connectivity index (χ2v) is 6.10. The van der Waals surface area contributed by atoms with Crippen LogP contribution in [-0.4, -0.2) is 18.1 Å². The summed E-state index contributed by atoms with van der Waals surface area (Å²) < 4.78 is 0. The van der Waals surface area contributed by atoms with E-state index in [4.69, 9.17) is 0 Å². The van der Waals surface area contributed by atoms with Crippen molar-refractivity contribution in [3.05, 3.63) is 30.1 Å². The normalized spacial score (nSPS) is 30.1. The molecule has 1 heterocycles. The number of pyridine rings is 1. The highest BCUT2D eigenvalue weighted by Gasteiger charge is 2.29. The van der Waals surface area contributed by atoms with Crippen LogP contribution in [0.1, 0.15) is 38.8 Å². The van der Waals surface area contributed by atoms with E-state index in [0.29, 0.717) is 6.04 Å². The minimum atomic E-state index is 0.574. The first-order valence-electron chi connectivity index (χ1n) is 7.26. The van der Waals surface area contributed by atoms with Gasteiger partial charge in [0.2, 0.25) is 0 Å². The summed E-state index contributed by atoms with van der Waals surface area (Å²) in [4.78, 5) is 4.46. The van der Waals surface area contributed by atoms with Gasteiger partial charge in [-0.3, -0.25) is 4.98 Å². The Hall–Kier alpha value is -0.890. The van der Waals surface area contributed by atoms with Crippen LogP contribution in [0.15, 0.2) is 24.4 Å². The zero-order valence-corrected chi connectivity index (χ0v) is 11.9. The summed E-state index contributed by atoms with van der Waals surface area (Å²) in [6, 6.07) is 6.79. The Bertz CT molecular complexity index is 339. The van der Waals surface area contributed by atoms with Crippen LogP contribution in [0, 0.1) is 17.8 Å². The average Bonchev–Trinajstić information content (AvgIpc) is 2.36. The number of hydrogen-bond acceptors (Lipinski definition) is 2. The van der Waals surface area contributed by atoms with Gasteiger partial charge in [0, 0.05) is 24.4 Å². The summed E-state index contributed by atoms with van der Waals surface area (Å²) in [6.45, 7) is 4.80. The molecule has 0 radical (unpaired) electrons. The maximum absolute atomic E-state index is 4.46. The summed E-state index contributed by atoms with van der Waals surface area (Å²) in [6.07, 6.45) is 7.08. The van der Waals surface area contributed by atoms with Gasteiger partial charge in [0.1, 0.15) is 0 Å². The molecule has 3 atom stereocenters. The van der Waals surface area contributed by atoms with Gasteiger partial charge in [0.05, 0.1) is 0 Å². The fourth-order valence-corrected chi connectivity index (χ4v) is 3.59. The molecule has 1 saturated carbocycles. The van der Waals surface area contributed by atoms with Gasteiger partial charge >= 0.3 is 0 Å². The molecule has 1 aliphatic carbocycles. The second kappa shape index (κ2) is 6.33. The van der Waals surface area contributed by atoms with Gasteiger partial charge in [0.25, 0.3) is 0 Å². The van der Waals surface area contributed by atoms with E-state index in [0.717, 1.165) is 24.2 Å². The first-order valence-corrected chi connectivity index (χ1v) is 7.26. The number of aromatic nitrogens is 1. The predicted molar refractivity (Wildman–Crippen MR) is 76.5 cm³/mol. The van der Waals surface area contributed by atoms with E-state index in [9.17, 15) is 0 Å². The highest BCUT2D eigenvalue weighted by Crippen LogP contribution is 2.35. The minimum Gasteiger partial charge on any atom is -0.316 e. The lowest BCUT2D eigenvalue weighted by Gasteiger charge is -2.36. The van der Waals surface area contributed by atoms with Crippen molar-refractivity contribution >= 4 is 0 Å². The summed E-state index contributed by atoms with van der Waals surface area (Å²) in [5, 5.41) is 3.52. The molecule has 3 unspecified atom stereocenters. The first kappa shape index (κ1) is 13.5. The molecule has 0 bridgehead atoms. The predicted octanol–water partition coefficient (Wildman–Crippen LogP) is 3.28. The Labute approximate surface area is 111 Å². The first-order chi connectivity index (χ1) is 8.69. The van der Waals surface area contributed by atoms with Gasteiger partial charge < -0.3 is 5.32 Å². The van der Waals surface area contributed by atoms with Crippen molar-refractivity contribution in [3.63, 3.8) is 0 Å². The highest BCUT2D eigenvalue weighted by molar-refractivity contribution is 5.06. The zero-order chi connectivity index (χ0) is 13.0. The molecule has 0 aromatic carbocycles. The van der Waals surface area contributed by atoms with Crippen LogP contribution in [0.25, 0.3) is 0 Å². The number of hydrogen-bond donors (Lipinski definition) is 1. The number of nitrogens with one attached hydrogen (secondary N) is 1. The molecule has 0 spiro atoms. The molecule has 18 heavy (non-hydrogen) atoms.